The van der Waals surface area contributed by atoms with E-state index in [-0.39, 0.29) is 5.91 Å². The van der Waals surface area contributed by atoms with Crippen LogP contribution >= 0.6 is 0 Å². The molecule has 0 saturated heterocycles. The van der Waals surface area contributed by atoms with Gasteiger partial charge < -0.3 is 9.73 Å². The Kier molecular flexibility index (Phi) is 8.88. The molecule has 1 unspecified atom stereocenters. The van der Waals surface area contributed by atoms with Crippen LogP contribution in [0.1, 0.15) is 81.5 Å². The van der Waals surface area contributed by atoms with Crippen LogP contribution in [0.4, 0.5) is 0 Å². The Morgan fingerprint density at radius 2 is 1.81 bits per heavy atom. The van der Waals surface area contributed by atoms with Crippen LogP contribution in [-0.4, -0.2) is 12.5 Å². The number of amides is 1. The average molecular weight is 293 g/mol. The van der Waals surface area contributed by atoms with Crippen molar-refractivity contribution in [3.8, 4) is 0 Å². The molecule has 3 nitrogen and oxygen atoms in total. The number of carbonyl (C=O) groups excluding carboxylic acids is 1. The molecular formula is C18H31NO2. The maximum absolute atomic E-state index is 12.0. The quantitative estimate of drug-likeness (QED) is 0.577. The Morgan fingerprint density at radius 1 is 1.10 bits per heavy atom. The van der Waals surface area contributed by atoms with E-state index < -0.39 is 0 Å². The van der Waals surface area contributed by atoms with Gasteiger partial charge in [-0.15, -0.1) is 0 Å². The summed E-state index contributed by atoms with van der Waals surface area (Å²) >= 11 is 0. The van der Waals surface area contributed by atoms with Crippen LogP contribution in [0.2, 0.25) is 0 Å². The summed E-state index contributed by atoms with van der Waals surface area (Å²) < 4.78 is 5.36. The first kappa shape index (κ1) is 17.8. The van der Waals surface area contributed by atoms with Gasteiger partial charge in [0, 0.05) is 6.54 Å². The molecule has 1 heterocycles. The third-order valence-electron chi connectivity index (χ3n) is 3.95. The SMILES string of the molecule is CCCCCCC(CCCC)CNC(=O)c1ccc(C)o1. The highest BCUT2D eigenvalue weighted by Gasteiger charge is 2.13. The fraction of sp³-hybridized carbons (Fsp3) is 0.722. The van der Waals surface area contributed by atoms with Gasteiger partial charge in [-0.1, -0.05) is 52.4 Å². The lowest BCUT2D eigenvalue weighted by molar-refractivity contribution is 0.0916. The molecule has 1 rings (SSSR count). The average Bonchev–Trinajstić information content (AvgIpc) is 2.92. The molecule has 1 aromatic rings. The molecule has 0 bridgehead atoms. The lowest BCUT2D eigenvalue weighted by Gasteiger charge is -2.17. The van der Waals surface area contributed by atoms with Gasteiger partial charge in [-0.25, -0.2) is 0 Å². The molecule has 21 heavy (non-hydrogen) atoms. The van der Waals surface area contributed by atoms with Crippen molar-refractivity contribution >= 4 is 5.91 Å². The molecule has 0 radical (unpaired) electrons. The topological polar surface area (TPSA) is 42.2 Å². The molecule has 0 saturated carbocycles. The van der Waals surface area contributed by atoms with E-state index >= 15 is 0 Å². The number of aryl methyl sites for hydroxylation is 1. The van der Waals surface area contributed by atoms with Crippen molar-refractivity contribution in [1.29, 1.82) is 0 Å². The molecule has 0 aliphatic heterocycles. The highest BCUT2D eigenvalue weighted by atomic mass is 16.3. The zero-order valence-electron chi connectivity index (χ0n) is 13.9. The van der Waals surface area contributed by atoms with Gasteiger partial charge in [0.25, 0.3) is 5.91 Å². The maximum atomic E-state index is 12.0. The van der Waals surface area contributed by atoms with Gasteiger partial charge >= 0.3 is 0 Å². The summed E-state index contributed by atoms with van der Waals surface area (Å²) in [6, 6.07) is 3.57. The molecule has 0 fully saturated rings. The van der Waals surface area contributed by atoms with Gasteiger partial charge in [0.2, 0.25) is 0 Å². The van der Waals surface area contributed by atoms with E-state index in [0.29, 0.717) is 11.7 Å². The number of unbranched alkanes of at least 4 members (excludes halogenated alkanes) is 4. The van der Waals surface area contributed by atoms with E-state index in [1.807, 2.05) is 13.0 Å². The predicted molar refractivity (Wildman–Crippen MR) is 87.6 cm³/mol. The number of furan rings is 1. The number of hydrogen-bond acceptors (Lipinski definition) is 2. The smallest absolute Gasteiger partial charge is 0.287 e. The molecule has 0 aliphatic carbocycles. The second-order valence-corrected chi connectivity index (χ2v) is 5.98. The Labute approximate surface area is 129 Å². The van der Waals surface area contributed by atoms with Gasteiger partial charge in [-0.05, 0) is 37.8 Å². The second kappa shape index (κ2) is 10.5. The summed E-state index contributed by atoms with van der Waals surface area (Å²) in [4.78, 5) is 12.0. The summed E-state index contributed by atoms with van der Waals surface area (Å²) in [5.74, 6) is 1.72. The van der Waals surface area contributed by atoms with Crippen LogP contribution in [0.3, 0.4) is 0 Å². The summed E-state index contributed by atoms with van der Waals surface area (Å²) in [5, 5.41) is 3.03. The number of carbonyl (C=O) groups is 1. The number of rotatable bonds is 11. The van der Waals surface area contributed by atoms with Crippen LogP contribution in [0, 0.1) is 12.8 Å². The van der Waals surface area contributed by atoms with Crippen molar-refractivity contribution in [3.05, 3.63) is 23.7 Å². The molecule has 120 valence electrons. The molecule has 0 aromatic carbocycles. The van der Waals surface area contributed by atoms with E-state index in [1.54, 1.807) is 6.07 Å². The number of hydrogen-bond donors (Lipinski definition) is 1. The number of nitrogens with one attached hydrogen (secondary N) is 1. The Hall–Kier alpha value is -1.25. The Balaban J connectivity index is 2.35. The molecule has 1 N–H and O–H groups in total. The minimum Gasteiger partial charge on any atom is -0.456 e. The van der Waals surface area contributed by atoms with Gasteiger partial charge in [0.05, 0.1) is 0 Å². The lowest BCUT2D eigenvalue weighted by atomic mass is 9.95. The third kappa shape index (κ3) is 7.35. The minimum atomic E-state index is -0.0850. The molecule has 1 atom stereocenters. The zero-order valence-corrected chi connectivity index (χ0v) is 13.9. The fourth-order valence-corrected chi connectivity index (χ4v) is 2.58. The van der Waals surface area contributed by atoms with Crippen LogP contribution in [-0.2, 0) is 0 Å². The second-order valence-electron chi connectivity index (χ2n) is 5.98. The van der Waals surface area contributed by atoms with E-state index in [9.17, 15) is 4.79 Å². The maximum Gasteiger partial charge on any atom is 0.287 e. The predicted octanol–water partition coefficient (Wildman–Crippen LogP) is 5.09. The van der Waals surface area contributed by atoms with Gasteiger partial charge in [0.1, 0.15) is 5.76 Å². The lowest BCUT2D eigenvalue weighted by Crippen LogP contribution is -2.29. The van der Waals surface area contributed by atoms with Crippen LogP contribution in [0.25, 0.3) is 0 Å². The summed E-state index contributed by atoms with van der Waals surface area (Å²) in [5.41, 5.74) is 0. The van der Waals surface area contributed by atoms with Crippen LogP contribution < -0.4 is 5.32 Å². The third-order valence-corrected chi connectivity index (χ3v) is 3.95. The minimum absolute atomic E-state index is 0.0850. The zero-order chi connectivity index (χ0) is 15.5. The Morgan fingerprint density at radius 3 is 2.43 bits per heavy atom. The van der Waals surface area contributed by atoms with E-state index in [2.05, 4.69) is 19.2 Å². The standard InChI is InChI=1S/C18H31NO2/c1-4-6-8-9-11-16(10-7-5-2)14-19-18(20)17-13-12-15(3)21-17/h12-13,16H,4-11,14H2,1-3H3,(H,19,20). The van der Waals surface area contributed by atoms with E-state index in [0.717, 1.165) is 12.3 Å². The van der Waals surface area contributed by atoms with Crippen molar-refractivity contribution in [1.82, 2.24) is 5.32 Å². The first-order valence-electron chi connectivity index (χ1n) is 8.52. The Bertz CT molecular complexity index is 398. The molecule has 3 heteroatoms. The van der Waals surface area contributed by atoms with Crippen molar-refractivity contribution in [2.75, 3.05) is 6.54 Å². The van der Waals surface area contributed by atoms with Gasteiger partial charge in [0.15, 0.2) is 5.76 Å². The van der Waals surface area contributed by atoms with E-state index in [1.165, 1.54) is 51.4 Å². The first-order chi connectivity index (χ1) is 10.2. The van der Waals surface area contributed by atoms with Crippen LogP contribution in [0.15, 0.2) is 16.5 Å². The summed E-state index contributed by atoms with van der Waals surface area (Å²) in [6.07, 6.45) is 10.1. The fourth-order valence-electron chi connectivity index (χ4n) is 2.58. The molecule has 0 aliphatic rings. The highest BCUT2D eigenvalue weighted by Crippen LogP contribution is 2.17. The molecule has 1 amide bonds. The molecule has 0 spiro atoms. The largest absolute Gasteiger partial charge is 0.456 e. The van der Waals surface area contributed by atoms with Gasteiger partial charge in [-0.3, -0.25) is 4.79 Å². The first-order valence-corrected chi connectivity index (χ1v) is 8.52. The highest BCUT2D eigenvalue weighted by molar-refractivity contribution is 5.91. The van der Waals surface area contributed by atoms with Crippen molar-refractivity contribution in [3.63, 3.8) is 0 Å². The van der Waals surface area contributed by atoms with Crippen LogP contribution in [0.5, 0.6) is 0 Å². The normalized spacial score (nSPS) is 12.3. The van der Waals surface area contributed by atoms with Crippen molar-refractivity contribution in [2.45, 2.75) is 72.1 Å². The van der Waals surface area contributed by atoms with E-state index in [4.69, 9.17) is 4.42 Å². The van der Waals surface area contributed by atoms with Crippen molar-refractivity contribution < 1.29 is 9.21 Å². The van der Waals surface area contributed by atoms with Gasteiger partial charge in [-0.2, -0.15) is 0 Å². The monoisotopic (exact) mass is 293 g/mol. The van der Waals surface area contributed by atoms with Crippen molar-refractivity contribution in [2.24, 2.45) is 5.92 Å². The molecular weight excluding hydrogens is 262 g/mol. The summed E-state index contributed by atoms with van der Waals surface area (Å²) in [6.45, 7) is 7.08. The molecule has 1 aromatic heterocycles. The summed E-state index contributed by atoms with van der Waals surface area (Å²) in [7, 11) is 0.